The van der Waals surface area contributed by atoms with Gasteiger partial charge in [-0.05, 0) is 30.0 Å². The molecule has 4 nitrogen and oxygen atoms in total. The molecule has 0 saturated carbocycles. The van der Waals surface area contributed by atoms with Crippen LogP contribution >= 0.6 is 11.3 Å². The van der Waals surface area contributed by atoms with Crippen molar-refractivity contribution >= 4 is 28.2 Å². The van der Waals surface area contributed by atoms with E-state index in [2.05, 4.69) is 5.32 Å². The molecule has 1 aromatic heterocycles. The summed E-state index contributed by atoms with van der Waals surface area (Å²) in [7, 11) is 1.30. The Hall–Kier alpha value is -2.21. The summed E-state index contributed by atoms with van der Waals surface area (Å²) in [5, 5.41) is 3.29. The smallest absolute Gasteiger partial charge is 0.341 e. The van der Waals surface area contributed by atoms with Crippen LogP contribution in [0.15, 0.2) is 24.3 Å². The summed E-state index contributed by atoms with van der Waals surface area (Å²) in [4.78, 5) is 25.5. The fourth-order valence-electron chi connectivity index (χ4n) is 2.55. The van der Waals surface area contributed by atoms with Crippen molar-refractivity contribution in [3.63, 3.8) is 0 Å². The number of rotatable bonds is 4. The Morgan fingerprint density at radius 3 is 2.32 bits per heavy atom. The standard InChI is InChI=1S/C19H22FNO3S/c1-11-15(12-6-8-13(20)9-7-12)16(18(23)24-5)17(25-11)21-14(22)10-19(2,3)4/h6-9H,10H2,1-5H3,(H,21,22). The van der Waals surface area contributed by atoms with Crippen molar-refractivity contribution in [2.24, 2.45) is 5.41 Å². The van der Waals surface area contributed by atoms with Gasteiger partial charge in [-0.15, -0.1) is 11.3 Å². The number of carbonyl (C=O) groups is 2. The molecular formula is C19H22FNO3S. The molecule has 6 heteroatoms. The lowest BCUT2D eigenvalue weighted by Gasteiger charge is -2.17. The maximum absolute atomic E-state index is 13.2. The molecule has 0 aliphatic rings. The maximum atomic E-state index is 13.2. The van der Waals surface area contributed by atoms with Gasteiger partial charge in [0.1, 0.15) is 16.4 Å². The highest BCUT2D eigenvalue weighted by Gasteiger charge is 2.26. The van der Waals surface area contributed by atoms with Crippen LogP contribution in [0.25, 0.3) is 11.1 Å². The molecule has 1 heterocycles. The summed E-state index contributed by atoms with van der Waals surface area (Å²) >= 11 is 1.31. The van der Waals surface area contributed by atoms with Gasteiger partial charge in [0.2, 0.25) is 5.91 Å². The molecule has 134 valence electrons. The van der Waals surface area contributed by atoms with Gasteiger partial charge in [-0.3, -0.25) is 4.79 Å². The first-order valence-corrected chi connectivity index (χ1v) is 8.71. The Morgan fingerprint density at radius 2 is 1.80 bits per heavy atom. The van der Waals surface area contributed by atoms with Crippen LogP contribution in [0.4, 0.5) is 9.39 Å². The first-order chi connectivity index (χ1) is 11.6. The normalized spacial score (nSPS) is 11.3. The summed E-state index contributed by atoms with van der Waals surface area (Å²) in [6.45, 7) is 7.77. The van der Waals surface area contributed by atoms with Crippen LogP contribution in [0.1, 0.15) is 42.4 Å². The van der Waals surface area contributed by atoms with Gasteiger partial charge in [0.15, 0.2) is 0 Å². The zero-order chi connectivity index (χ0) is 18.8. The molecule has 0 spiro atoms. The van der Waals surface area contributed by atoms with Crippen molar-refractivity contribution in [3.8, 4) is 11.1 Å². The number of carbonyl (C=O) groups excluding carboxylic acids is 2. The lowest BCUT2D eigenvalue weighted by Crippen LogP contribution is -2.20. The topological polar surface area (TPSA) is 55.4 Å². The van der Waals surface area contributed by atoms with Gasteiger partial charge in [-0.1, -0.05) is 32.9 Å². The van der Waals surface area contributed by atoms with E-state index in [1.807, 2.05) is 27.7 Å². The minimum absolute atomic E-state index is 0.162. The van der Waals surface area contributed by atoms with Crippen molar-refractivity contribution in [3.05, 3.63) is 40.5 Å². The number of amides is 1. The third-order valence-corrected chi connectivity index (χ3v) is 4.57. The van der Waals surface area contributed by atoms with Crippen LogP contribution in [0.3, 0.4) is 0 Å². The van der Waals surface area contributed by atoms with E-state index < -0.39 is 5.97 Å². The van der Waals surface area contributed by atoms with Crippen LogP contribution in [0.5, 0.6) is 0 Å². The van der Waals surface area contributed by atoms with Gasteiger partial charge in [0, 0.05) is 16.9 Å². The Morgan fingerprint density at radius 1 is 1.20 bits per heavy atom. The van der Waals surface area contributed by atoms with Crippen molar-refractivity contribution in [1.29, 1.82) is 0 Å². The molecule has 1 aromatic carbocycles. The van der Waals surface area contributed by atoms with Gasteiger partial charge < -0.3 is 10.1 Å². The first kappa shape index (κ1) is 19.1. The zero-order valence-electron chi connectivity index (χ0n) is 15.0. The first-order valence-electron chi connectivity index (χ1n) is 7.90. The Labute approximate surface area is 151 Å². The van der Waals surface area contributed by atoms with Gasteiger partial charge in [0.25, 0.3) is 0 Å². The molecule has 1 N–H and O–H groups in total. The van der Waals surface area contributed by atoms with Gasteiger partial charge in [0.05, 0.1) is 7.11 Å². The second-order valence-corrected chi connectivity index (χ2v) is 8.25. The summed E-state index contributed by atoms with van der Waals surface area (Å²) in [5.41, 5.74) is 1.50. The molecule has 0 atom stereocenters. The van der Waals surface area contributed by atoms with Crippen molar-refractivity contribution < 1.29 is 18.7 Å². The number of halogens is 1. The van der Waals surface area contributed by atoms with Crippen molar-refractivity contribution in [1.82, 2.24) is 0 Å². The van der Waals surface area contributed by atoms with Gasteiger partial charge in [-0.25, -0.2) is 9.18 Å². The molecule has 25 heavy (non-hydrogen) atoms. The van der Waals surface area contributed by atoms with E-state index >= 15 is 0 Å². The number of thiophene rings is 1. The highest BCUT2D eigenvalue weighted by atomic mass is 32.1. The number of benzene rings is 1. The number of esters is 1. The Balaban J connectivity index is 2.48. The summed E-state index contributed by atoms with van der Waals surface area (Å²) in [6, 6.07) is 5.89. The quantitative estimate of drug-likeness (QED) is 0.776. The third kappa shape index (κ3) is 4.66. The predicted molar refractivity (Wildman–Crippen MR) is 98.5 cm³/mol. The second-order valence-electron chi connectivity index (χ2n) is 7.02. The number of ether oxygens (including phenoxy) is 1. The summed E-state index contributed by atoms with van der Waals surface area (Å²) < 4.78 is 18.1. The average molecular weight is 363 g/mol. The third-order valence-electron chi connectivity index (χ3n) is 3.55. The van der Waals surface area contributed by atoms with E-state index in [0.29, 0.717) is 28.1 Å². The molecule has 0 aliphatic heterocycles. The SMILES string of the molecule is COC(=O)c1c(NC(=O)CC(C)(C)C)sc(C)c1-c1ccc(F)cc1. The molecular weight excluding hydrogens is 341 g/mol. The van der Waals surface area contributed by atoms with E-state index in [-0.39, 0.29) is 17.1 Å². The predicted octanol–water partition coefficient (Wildman–Crippen LogP) is 5.02. The molecule has 0 aliphatic carbocycles. The molecule has 0 saturated heterocycles. The van der Waals surface area contributed by atoms with Crippen molar-refractivity contribution in [2.75, 3.05) is 12.4 Å². The Kier molecular flexibility index (Phi) is 5.62. The van der Waals surface area contributed by atoms with Crippen LogP contribution < -0.4 is 5.32 Å². The molecule has 2 rings (SSSR count). The minimum Gasteiger partial charge on any atom is -0.465 e. The number of aryl methyl sites for hydroxylation is 1. The van der Waals surface area contributed by atoms with Gasteiger partial charge in [-0.2, -0.15) is 0 Å². The second kappa shape index (κ2) is 7.35. The van der Waals surface area contributed by atoms with E-state index in [1.165, 1.54) is 30.6 Å². The molecule has 2 aromatic rings. The number of hydrogen-bond donors (Lipinski definition) is 1. The summed E-state index contributed by atoms with van der Waals surface area (Å²) in [6.07, 6.45) is 0.330. The zero-order valence-corrected chi connectivity index (χ0v) is 15.8. The van der Waals surface area contributed by atoms with E-state index in [9.17, 15) is 14.0 Å². The lowest BCUT2D eigenvalue weighted by molar-refractivity contribution is -0.117. The lowest BCUT2D eigenvalue weighted by atomic mass is 9.92. The molecule has 1 amide bonds. The average Bonchev–Trinajstić information content (AvgIpc) is 2.81. The fourth-order valence-corrected chi connectivity index (χ4v) is 3.63. The molecule has 0 bridgehead atoms. The molecule has 0 fully saturated rings. The molecule has 0 radical (unpaired) electrons. The number of nitrogens with one attached hydrogen (secondary N) is 1. The van der Waals surface area contributed by atoms with Crippen LogP contribution in [0, 0.1) is 18.2 Å². The van der Waals surface area contributed by atoms with E-state index in [1.54, 1.807) is 12.1 Å². The maximum Gasteiger partial charge on any atom is 0.341 e. The molecule has 0 unspecified atom stereocenters. The monoisotopic (exact) mass is 363 g/mol. The number of methoxy groups -OCH3 is 1. The van der Waals surface area contributed by atoms with Crippen LogP contribution in [0.2, 0.25) is 0 Å². The van der Waals surface area contributed by atoms with Crippen molar-refractivity contribution in [2.45, 2.75) is 34.1 Å². The number of hydrogen-bond acceptors (Lipinski definition) is 4. The van der Waals surface area contributed by atoms with Crippen LogP contribution in [-0.2, 0) is 9.53 Å². The minimum atomic E-state index is -0.533. The van der Waals surface area contributed by atoms with E-state index in [4.69, 9.17) is 4.74 Å². The summed E-state index contributed by atoms with van der Waals surface area (Å²) in [5.74, 6) is -1.05. The van der Waals surface area contributed by atoms with Gasteiger partial charge >= 0.3 is 5.97 Å². The van der Waals surface area contributed by atoms with E-state index in [0.717, 1.165) is 4.88 Å². The largest absolute Gasteiger partial charge is 0.465 e. The highest BCUT2D eigenvalue weighted by Crippen LogP contribution is 2.40. The highest BCUT2D eigenvalue weighted by molar-refractivity contribution is 7.17. The fraction of sp³-hybridized carbons (Fsp3) is 0.368. The number of anilines is 1. The Bertz CT molecular complexity index is 788. The van der Waals surface area contributed by atoms with Crippen LogP contribution in [-0.4, -0.2) is 19.0 Å².